The van der Waals surface area contributed by atoms with Crippen molar-refractivity contribution in [3.8, 4) is 11.3 Å². The predicted molar refractivity (Wildman–Crippen MR) is 73.2 cm³/mol. The Morgan fingerprint density at radius 3 is 2.79 bits per heavy atom. The lowest BCUT2D eigenvalue weighted by Gasteiger charge is -2.00. The molecule has 0 radical (unpaired) electrons. The number of nitrogens with zero attached hydrogens (tertiary/aromatic N) is 1. The van der Waals surface area contributed by atoms with Gasteiger partial charge in [0.1, 0.15) is 0 Å². The molecule has 0 amide bonds. The molecule has 0 saturated heterocycles. The zero-order chi connectivity index (χ0) is 13.4. The number of H-pyrrole nitrogens is 1. The highest BCUT2D eigenvalue weighted by atomic mass is 16.4. The third-order valence-corrected chi connectivity index (χ3v) is 3.10. The number of carboxylic acids is 1. The molecule has 94 valence electrons. The van der Waals surface area contributed by atoms with Crippen LogP contribution in [0.4, 0.5) is 0 Å². The molecule has 0 aliphatic rings. The van der Waals surface area contributed by atoms with Gasteiger partial charge in [-0.05, 0) is 31.2 Å². The van der Waals surface area contributed by atoms with Gasteiger partial charge in [-0.25, -0.2) is 4.79 Å². The molecule has 0 aliphatic heterocycles. The lowest BCUT2D eigenvalue weighted by Crippen LogP contribution is -1.94. The summed E-state index contributed by atoms with van der Waals surface area (Å²) in [6.07, 6.45) is 0. The molecule has 19 heavy (non-hydrogen) atoms. The molecule has 3 aromatic rings. The summed E-state index contributed by atoms with van der Waals surface area (Å²) in [7, 11) is 0. The fourth-order valence-corrected chi connectivity index (χ4v) is 2.16. The summed E-state index contributed by atoms with van der Waals surface area (Å²) in [5, 5.41) is 17.1. The Morgan fingerprint density at radius 1 is 1.21 bits per heavy atom. The van der Waals surface area contributed by atoms with E-state index in [1.807, 2.05) is 31.2 Å². The molecule has 2 aromatic carbocycles. The van der Waals surface area contributed by atoms with Crippen molar-refractivity contribution in [3.63, 3.8) is 0 Å². The Kier molecular flexibility index (Phi) is 2.56. The second-order valence-electron chi connectivity index (χ2n) is 4.51. The smallest absolute Gasteiger partial charge is 0.335 e. The van der Waals surface area contributed by atoms with E-state index in [0.717, 1.165) is 27.7 Å². The number of nitrogens with one attached hydrogen (secondary N) is 1. The van der Waals surface area contributed by atoms with Gasteiger partial charge in [-0.3, -0.25) is 5.10 Å². The Morgan fingerprint density at radius 2 is 2.05 bits per heavy atom. The van der Waals surface area contributed by atoms with Crippen molar-refractivity contribution in [3.05, 3.63) is 53.6 Å². The van der Waals surface area contributed by atoms with Gasteiger partial charge in [0.15, 0.2) is 0 Å². The number of fused-ring (bicyclic) bond motifs is 1. The summed E-state index contributed by atoms with van der Waals surface area (Å²) >= 11 is 0. The van der Waals surface area contributed by atoms with Gasteiger partial charge < -0.3 is 5.11 Å². The van der Waals surface area contributed by atoms with Gasteiger partial charge in [0, 0.05) is 10.9 Å². The molecule has 0 aliphatic carbocycles. The minimum absolute atomic E-state index is 0.266. The number of carbonyl (C=O) groups is 1. The third kappa shape index (κ3) is 1.97. The van der Waals surface area contributed by atoms with E-state index >= 15 is 0 Å². The van der Waals surface area contributed by atoms with E-state index in [2.05, 4.69) is 10.2 Å². The van der Waals surface area contributed by atoms with Crippen LogP contribution in [0.3, 0.4) is 0 Å². The number of rotatable bonds is 2. The first-order valence-electron chi connectivity index (χ1n) is 5.93. The average Bonchev–Trinajstić information content (AvgIpc) is 2.81. The molecule has 4 nitrogen and oxygen atoms in total. The Labute approximate surface area is 109 Å². The summed E-state index contributed by atoms with van der Waals surface area (Å²) < 4.78 is 0. The number of hydrogen-bond donors (Lipinski definition) is 2. The fourth-order valence-electron chi connectivity index (χ4n) is 2.16. The van der Waals surface area contributed by atoms with Gasteiger partial charge >= 0.3 is 5.97 Å². The number of benzene rings is 2. The van der Waals surface area contributed by atoms with E-state index < -0.39 is 5.97 Å². The van der Waals surface area contributed by atoms with Crippen molar-refractivity contribution >= 4 is 16.9 Å². The van der Waals surface area contributed by atoms with Crippen LogP contribution < -0.4 is 0 Å². The van der Waals surface area contributed by atoms with E-state index in [0.29, 0.717) is 0 Å². The zero-order valence-corrected chi connectivity index (χ0v) is 10.3. The monoisotopic (exact) mass is 252 g/mol. The van der Waals surface area contributed by atoms with Crippen LogP contribution in [0.1, 0.15) is 15.9 Å². The Bertz CT molecular complexity index is 775. The van der Waals surface area contributed by atoms with Crippen molar-refractivity contribution in [2.45, 2.75) is 6.92 Å². The highest BCUT2D eigenvalue weighted by molar-refractivity contribution is 5.98. The van der Waals surface area contributed by atoms with Gasteiger partial charge in [0.2, 0.25) is 0 Å². The van der Waals surface area contributed by atoms with Gasteiger partial charge in [-0.15, -0.1) is 0 Å². The summed E-state index contributed by atoms with van der Waals surface area (Å²) in [5.41, 5.74) is 4.00. The van der Waals surface area contributed by atoms with Gasteiger partial charge in [-0.2, -0.15) is 5.10 Å². The quantitative estimate of drug-likeness (QED) is 0.735. The molecule has 3 rings (SSSR count). The number of aromatic nitrogens is 2. The van der Waals surface area contributed by atoms with E-state index in [1.165, 1.54) is 0 Å². The number of hydrogen-bond acceptors (Lipinski definition) is 2. The normalized spacial score (nSPS) is 10.8. The summed E-state index contributed by atoms with van der Waals surface area (Å²) in [6, 6.07) is 12.9. The van der Waals surface area contributed by atoms with Gasteiger partial charge in [0.05, 0.1) is 16.8 Å². The van der Waals surface area contributed by atoms with Crippen LogP contribution >= 0.6 is 0 Å². The van der Waals surface area contributed by atoms with Crippen LogP contribution in [0, 0.1) is 6.92 Å². The molecule has 0 fully saturated rings. The summed E-state index contributed by atoms with van der Waals surface area (Å²) in [4.78, 5) is 11.0. The first-order valence-corrected chi connectivity index (χ1v) is 5.93. The zero-order valence-electron chi connectivity index (χ0n) is 10.3. The minimum atomic E-state index is -0.932. The fraction of sp³-hybridized carbons (Fsp3) is 0.0667. The lowest BCUT2D eigenvalue weighted by atomic mass is 10.0. The molecule has 1 heterocycles. The average molecular weight is 252 g/mol. The van der Waals surface area contributed by atoms with Crippen molar-refractivity contribution in [1.82, 2.24) is 10.2 Å². The second-order valence-corrected chi connectivity index (χ2v) is 4.51. The number of carboxylic acid groups (broad SMARTS) is 1. The standard InChI is InChI=1S/C15H12N2O2/c1-9-3-2-4-10(7-9)14-12-8-11(15(18)19)5-6-13(12)16-17-14/h2-8H,1H3,(H,16,17)(H,18,19). The molecule has 0 spiro atoms. The SMILES string of the molecule is Cc1cccc(-c2n[nH]c3ccc(C(=O)O)cc23)c1. The Hall–Kier alpha value is -2.62. The summed E-state index contributed by atoms with van der Waals surface area (Å²) in [6.45, 7) is 2.01. The maximum absolute atomic E-state index is 11.0. The van der Waals surface area contributed by atoms with Crippen LogP contribution in [0.25, 0.3) is 22.2 Å². The van der Waals surface area contributed by atoms with Crippen molar-refractivity contribution < 1.29 is 9.90 Å². The number of aromatic amines is 1. The Balaban J connectivity index is 2.24. The first-order chi connectivity index (χ1) is 9.15. The van der Waals surface area contributed by atoms with Gasteiger partial charge in [0.25, 0.3) is 0 Å². The first kappa shape index (κ1) is 11.5. The van der Waals surface area contributed by atoms with Crippen molar-refractivity contribution in [2.75, 3.05) is 0 Å². The van der Waals surface area contributed by atoms with Crippen molar-refractivity contribution in [2.24, 2.45) is 0 Å². The van der Waals surface area contributed by atoms with E-state index in [-0.39, 0.29) is 5.56 Å². The predicted octanol–water partition coefficient (Wildman–Crippen LogP) is 3.24. The maximum atomic E-state index is 11.0. The maximum Gasteiger partial charge on any atom is 0.335 e. The highest BCUT2D eigenvalue weighted by Crippen LogP contribution is 2.27. The number of aromatic carboxylic acids is 1. The van der Waals surface area contributed by atoms with Crippen LogP contribution in [-0.4, -0.2) is 21.3 Å². The second kappa shape index (κ2) is 4.24. The topological polar surface area (TPSA) is 66.0 Å². The third-order valence-electron chi connectivity index (χ3n) is 3.10. The molecule has 4 heteroatoms. The molecular formula is C15H12N2O2. The molecule has 0 bridgehead atoms. The van der Waals surface area contributed by atoms with Crippen LogP contribution in [0.15, 0.2) is 42.5 Å². The van der Waals surface area contributed by atoms with E-state index in [4.69, 9.17) is 5.11 Å². The molecule has 0 unspecified atom stereocenters. The van der Waals surface area contributed by atoms with Crippen LogP contribution in [0.2, 0.25) is 0 Å². The highest BCUT2D eigenvalue weighted by Gasteiger charge is 2.11. The minimum Gasteiger partial charge on any atom is -0.478 e. The molecule has 0 atom stereocenters. The largest absolute Gasteiger partial charge is 0.478 e. The lowest BCUT2D eigenvalue weighted by molar-refractivity contribution is 0.0697. The molecule has 0 saturated carbocycles. The molecule has 1 aromatic heterocycles. The van der Waals surface area contributed by atoms with E-state index in [1.54, 1.807) is 18.2 Å². The number of aryl methyl sites for hydroxylation is 1. The van der Waals surface area contributed by atoms with Crippen LogP contribution in [-0.2, 0) is 0 Å². The van der Waals surface area contributed by atoms with E-state index in [9.17, 15) is 4.79 Å². The van der Waals surface area contributed by atoms with Crippen LogP contribution in [0.5, 0.6) is 0 Å². The summed E-state index contributed by atoms with van der Waals surface area (Å²) in [5.74, 6) is -0.932. The van der Waals surface area contributed by atoms with Crippen molar-refractivity contribution in [1.29, 1.82) is 0 Å². The molecule has 2 N–H and O–H groups in total. The molecular weight excluding hydrogens is 240 g/mol. The van der Waals surface area contributed by atoms with Gasteiger partial charge in [-0.1, -0.05) is 23.8 Å².